The third-order valence-electron chi connectivity index (χ3n) is 0. The Labute approximate surface area is 93.5 Å². The minimum Gasteiger partial charge on any atom is -1.00 e. The summed E-state index contributed by atoms with van der Waals surface area (Å²) in [5.74, 6) is 0. The van der Waals surface area contributed by atoms with Gasteiger partial charge in [-0.3, -0.25) is 0 Å². The van der Waals surface area contributed by atoms with Crippen LogP contribution >= 0.6 is 0 Å². The van der Waals surface area contributed by atoms with Gasteiger partial charge in [-0.1, -0.05) is 0 Å². The van der Waals surface area contributed by atoms with Crippen molar-refractivity contribution in [2.45, 2.75) is 0 Å². The summed E-state index contributed by atoms with van der Waals surface area (Å²) in [5.41, 5.74) is 0. The molecule has 12 heavy (non-hydrogen) atoms. The summed E-state index contributed by atoms with van der Waals surface area (Å²) in [5, 5.41) is 0. The van der Waals surface area contributed by atoms with Gasteiger partial charge in [0.2, 0.25) is 0 Å². The van der Waals surface area contributed by atoms with Crippen molar-refractivity contribution in [3.63, 3.8) is 0 Å². The van der Waals surface area contributed by atoms with Crippen LogP contribution in [0.4, 0.5) is 0 Å². The molecule has 0 aromatic heterocycles. The largest absolute Gasteiger partial charge is 1.00 e. The van der Waals surface area contributed by atoms with Crippen LogP contribution in [0.5, 0.6) is 0 Å². The molecule has 0 fully saturated rings. The van der Waals surface area contributed by atoms with Crippen LogP contribution in [-0.4, -0.2) is 4.66 Å². The van der Waals surface area contributed by atoms with Crippen LogP contribution in [-0.2, 0) is 16.8 Å². The smallest absolute Gasteiger partial charge is 0.0777 e. The van der Waals surface area contributed by atoms with Gasteiger partial charge in [0.05, 0.1) is 14.9 Å². The summed E-state index contributed by atoms with van der Waals surface area (Å²) in [6.45, 7) is 0. The summed E-state index contributed by atoms with van der Waals surface area (Å²) in [7, 11) is -4.69. The molecule has 0 saturated carbocycles. The van der Waals surface area contributed by atoms with Crippen molar-refractivity contribution >= 4 is 0 Å². The van der Waals surface area contributed by atoms with E-state index < -0.39 is 10.2 Å². The Bertz CT molecular complexity index is 38.9. The Morgan fingerprint density at radius 3 is 0.750 bits per heavy atom. The molecule has 0 aliphatic heterocycles. The van der Waals surface area contributed by atoms with Crippen LogP contribution in [0.3, 0.4) is 0 Å². The molecule has 16 N–H and O–H groups in total. The van der Waals surface area contributed by atoms with Gasteiger partial charge in [0.25, 0.3) is 0 Å². The standard InChI is InChI=1S/BrH.ClHO4.Co.5H3N/c;2-1(3,4)5;;;;;;/h1H;(H,2,3,4,5);;5*1H3/p-1. The zero-order valence-electron chi connectivity index (χ0n) is 6.30. The average molecular weight is 324 g/mol. The Kier molecular flexibility index (Phi) is 188. The maximum absolute atomic E-state index is 8.60. The van der Waals surface area contributed by atoms with E-state index >= 15 is 0 Å². The molecular formula is H16BrClCoN5O4-. The first-order valence-corrected chi connectivity index (χ1v) is 1.90. The van der Waals surface area contributed by atoms with E-state index in [1.165, 1.54) is 0 Å². The van der Waals surface area contributed by atoms with Gasteiger partial charge < -0.3 is 47.7 Å². The van der Waals surface area contributed by atoms with E-state index in [1.54, 1.807) is 0 Å². The second-order valence-corrected chi connectivity index (χ2v) is 1.19. The quantitative estimate of drug-likeness (QED) is 0.247. The van der Waals surface area contributed by atoms with Crippen LogP contribution in [0, 0.1) is 10.2 Å². The Morgan fingerprint density at radius 2 is 0.750 bits per heavy atom. The van der Waals surface area contributed by atoms with Crippen LogP contribution in [0.15, 0.2) is 0 Å². The predicted octanol–water partition coefficient (Wildman–Crippen LogP) is -6.31. The fourth-order valence-electron chi connectivity index (χ4n) is 0. The number of hydrogen-bond acceptors (Lipinski definition) is 9. The van der Waals surface area contributed by atoms with Crippen molar-refractivity contribution in [1.82, 2.24) is 30.8 Å². The van der Waals surface area contributed by atoms with Gasteiger partial charge in [-0.25, -0.2) is 0 Å². The molecule has 12 heteroatoms. The average Bonchev–Trinajstić information content (AvgIpc) is 0.722. The third kappa shape index (κ3) is 1280. The molecule has 0 unspecified atom stereocenters. The predicted molar refractivity (Wildman–Crippen MR) is 27.3 cm³/mol. The number of halogens is 2. The minimum absolute atomic E-state index is 0. The molecule has 9 nitrogen and oxygen atoms in total. The molecule has 0 heterocycles. The Hall–Kier alpha value is 0.916. The van der Waals surface area contributed by atoms with Crippen molar-refractivity contribution in [1.29, 1.82) is 0 Å². The monoisotopic (exact) mass is 323 g/mol. The molecule has 0 spiro atoms. The Morgan fingerprint density at radius 1 is 0.750 bits per heavy atom. The number of rotatable bonds is 0. The van der Waals surface area contributed by atoms with Crippen molar-refractivity contribution in [2.75, 3.05) is 0 Å². The summed E-state index contributed by atoms with van der Waals surface area (Å²) in [4.78, 5) is 0. The molecule has 0 bridgehead atoms. The van der Waals surface area contributed by atoms with E-state index in [2.05, 4.69) is 0 Å². The maximum atomic E-state index is 8.60. The first-order valence-electron chi connectivity index (χ1n) is 0.632. The van der Waals surface area contributed by atoms with Crippen molar-refractivity contribution in [3.05, 3.63) is 0 Å². The molecule has 0 aliphatic carbocycles. The zero-order chi connectivity index (χ0) is 4.50. The second kappa shape index (κ2) is 29.7. The van der Waals surface area contributed by atoms with Gasteiger partial charge >= 0.3 is 0 Å². The summed E-state index contributed by atoms with van der Waals surface area (Å²) < 4.78 is 32.7. The van der Waals surface area contributed by atoms with Crippen LogP contribution in [0.25, 0.3) is 0 Å². The van der Waals surface area contributed by atoms with Crippen molar-refractivity contribution < 1.29 is 62.6 Å². The van der Waals surface area contributed by atoms with Crippen molar-refractivity contribution in [2.24, 2.45) is 0 Å². The van der Waals surface area contributed by atoms with E-state index in [9.17, 15) is 0 Å². The van der Waals surface area contributed by atoms with Crippen LogP contribution < -0.4 is 61.7 Å². The Balaban J connectivity index is -0.00000000381. The van der Waals surface area contributed by atoms with E-state index in [-0.39, 0.29) is 64.5 Å². The van der Waals surface area contributed by atoms with Gasteiger partial charge in [0.1, 0.15) is 0 Å². The topological polar surface area (TPSA) is 264 Å². The summed E-state index contributed by atoms with van der Waals surface area (Å²) in [6.07, 6.45) is 0. The van der Waals surface area contributed by atoms with E-state index in [0.717, 1.165) is 0 Å². The maximum Gasteiger partial charge on any atom is 0.0777 e. The molecule has 0 aromatic rings. The van der Waals surface area contributed by atoms with E-state index in [4.69, 9.17) is 18.6 Å². The van der Waals surface area contributed by atoms with Gasteiger partial charge in [0, 0.05) is 16.8 Å². The van der Waals surface area contributed by atoms with E-state index in [1.807, 2.05) is 0 Å². The molecule has 0 aliphatic rings. The molecule has 0 atom stereocenters. The van der Waals surface area contributed by atoms with Gasteiger partial charge in [0.15, 0.2) is 0 Å². The van der Waals surface area contributed by atoms with Crippen LogP contribution in [0.1, 0.15) is 0 Å². The van der Waals surface area contributed by atoms with Gasteiger partial charge in [-0.05, 0) is 0 Å². The van der Waals surface area contributed by atoms with Gasteiger partial charge in [-0.2, -0.15) is 14.0 Å². The third-order valence-corrected chi connectivity index (χ3v) is 0. The zero-order valence-corrected chi connectivity index (χ0v) is 9.68. The first kappa shape index (κ1) is 75.9. The molecule has 0 aromatic carbocycles. The van der Waals surface area contributed by atoms with Crippen molar-refractivity contribution in [3.8, 4) is 0 Å². The van der Waals surface area contributed by atoms with E-state index in [0.29, 0.717) is 0 Å². The fourth-order valence-corrected chi connectivity index (χ4v) is 0. The SMILES string of the molecule is N.N.N.N.N.[Br-].[Co].[O-][Cl+3]([O-])([O-])O. The second-order valence-electron chi connectivity index (χ2n) is 0.396. The summed E-state index contributed by atoms with van der Waals surface area (Å²) in [6, 6.07) is 0. The fraction of sp³-hybridized carbons (Fsp3) is 0. The number of hydrogen-bond donors (Lipinski definition) is 6. The minimum atomic E-state index is -4.69. The molecule has 0 rings (SSSR count). The molecule has 0 saturated heterocycles. The molecule has 89 valence electrons. The molecular weight excluding hydrogens is 308 g/mol. The first-order chi connectivity index (χ1) is 2.00. The normalized spacial score (nSPS) is 5.00. The summed E-state index contributed by atoms with van der Waals surface area (Å²) >= 11 is 0. The molecule has 0 amide bonds. The van der Waals surface area contributed by atoms with Gasteiger partial charge in [-0.15, -0.1) is 0 Å². The van der Waals surface area contributed by atoms with Crippen LogP contribution in [0.2, 0.25) is 0 Å². The molecule has 1 radical (unpaired) electrons.